The normalized spacial score (nSPS) is 11.0. The summed E-state index contributed by atoms with van der Waals surface area (Å²) in [5.74, 6) is 1.41. The number of phenols is 1. The van der Waals surface area contributed by atoms with Crippen LogP contribution in [0.15, 0.2) is 63.5 Å². The van der Waals surface area contributed by atoms with Gasteiger partial charge in [0.2, 0.25) is 5.82 Å². The molecule has 0 spiro atoms. The lowest BCUT2D eigenvalue weighted by atomic mass is 10.2. The number of nitrogens with zero attached hydrogens (tertiary/aromatic N) is 2. The highest BCUT2D eigenvalue weighted by molar-refractivity contribution is 5.81. The van der Waals surface area contributed by atoms with Crippen molar-refractivity contribution in [3.05, 3.63) is 54.6 Å². The minimum atomic E-state index is 0.149. The molecule has 0 atom stereocenters. The van der Waals surface area contributed by atoms with Crippen molar-refractivity contribution in [2.75, 3.05) is 0 Å². The molecule has 0 fully saturated rings. The fourth-order valence-corrected chi connectivity index (χ4v) is 2.17. The van der Waals surface area contributed by atoms with Gasteiger partial charge in [-0.15, -0.1) is 0 Å². The summed E-state index contributed by atoms with van der Waals surface area (Å²) in [5.41, 5.74) is 1.43. The third-order valence-electron chi connectivity index (χ3n) is 3.17. The molecule has 0 saturated carbocycles. The lowest BCUT2D eigenvalue weighted by Gasteiger charge is -1.94. The van der Waals surface area contributed by atoms with Gasteiger partial charge in [-0.3, -0.25) is 0 Å². The van der Waals surface area contributed by atoms with E-state index in [1.807, 2.05) is 30.3 Å². The average molecular weight is 278 g/mol. The third kappa shape index (κ3) is 2.04. The van der Waals surface area contributed by atoms with Crippen LogP contribution in [0.2, 0.25) is 0 Å². The van der Waals surface area contributed by atoms with Crippen molar-refractivity contribution in [1.82, 2.24) is 10.1 Å². The van der Waals surface area contributed by atoms with Crippen molar-refractivity contribution in [2.24, 2.45) is 0 Å². The van der Waals surface area contributed by atoms with Crippen LogP contribution >= 0.6 is 0 Å². The molecule has 0 amide bonds. The molecule has 2 aromatic carbocycles. The Kier molecular flexibility index (Phi) is 2.50. The van der Waals surface area contributed by atoms with Gasteiger partial charge < -0.3 is 14.0 Å². The minimum Gasteiger partial charge on any atom is -0.508 e. The topological polar surface area (TPSA) is 72.3 Å². The van der Waals surface area contributed by atoms with Crippen LogP contribution in [-0.4, -0.2) is 15.2 Å². The molecule has 21 heavy (non-hydrogen) atoms. The first-order valence-electron chi connectivity index (χ1n) is 6.42. The third-order valence-corrected chi connectivity index (χ3v) is 3.17. The largest absolute Gasteiger partial charge is 0.508 e. The second-order valence-electron chi connectivity index (χ2n) is 4.62. The number of phenolic OH excluding ortho intramolecular Hbond substituents is 1. The summed E-state index contributed by atoms with van der Waals surface area (Å²) < 4.78 is 10.9. The van der Waals surface area contributed by atoms with Crippen molar-refractivity contribution in [3.63, 3.8) is 0 Å². The number of aromatic hydroxyl groups is 1. The van der Waals surface area contributed by atoms with E-state index in [9.17, 15) is 5.11 Å². The number of rotatable bonds is 2. The summed E-state index contributed by atoms with van der Waals surface area (Å²) in [5, 5.41) is 14.4. The van der Waals surface area contributed by atoms with Crippen LogP contribution < -0.4 is 0 Å². The monoisotopic (exact) mass is 278 g/mol. The molecule has 0 aliphatic carbocycles. The molecule has 102 valence electrons. The van der Waals surface area contributed by atoms with Crippen LogP contribution in [-0.2, 0) is 0 Å². The maximum absolute atomic E-state index is 9.49. The van der Waals surface area contributed by atoms with Gasteiger partial charge in [-0.25, -0.2) is 0 Å². The zero-order chi connectivity index (χ0) is 14.2. The van der Waals surface area contributed by atoms with Crippen molar-refractivity contribution < 1.29 is 14.0 Å². The van der Waals surface area contributed by atoms with Gasteiger partial charge in [-0.1, -0.05) is 29.4 Å². The molecule has 2 aromatic heterocycles. The second-order valence-corrected chi connectivity index (χ2v) is 4.62. The summed E-state index contributed by atoms with van der Waals surface area (Å²) >= 11 is 0. The van der Waals surface area contributed by atoms with E-state index in [1.165, 1.54) is 0 Å². The zero-order valence-electron chi connectivity index (χ0n) is 10.9. The van der Waals surface area contributed by atoms with Crippen LogP contribution in [0.25, 0.3) is 34.0 Å². The highest BCUT2D eigenvalue weighted by atomic mass is 16.5. The quantitative estimate of drug-likeness (QED) is 0.602. The molecular weight excluding hydrogens is 268 g/mol. The van der Waals surface area contributed by atoms with E-state index in [0.29, 0.717) is 23.0 Å². The smallest absolute Gasteiger partial charge is 0.258 e. The van der Waals surface area contributed by atoms with E-state index >= 15 is 0 Å². The molecular formula is C16H10N2O3. The van der Waals surface area contributed by atoms with Gasteiger partial charge in [0.25, 0.3) is 5.89 Å². The van der Waals surface area contributed by atoms with Gasteiger partial charge in [0, 0.05) is 10.9 Å². The van der Waals surface area contributed by atoms with E-state index < -0.39 is 0 Å². The first-order chi connectivity index (χ1) is 10.3. The molecule has 0 saturated heterocycles. The maximum atomic E-state index is 9.49. The lowest BCUT2D eigenvalue weighted by Crippen LogP contribution is -1.78. The second kappa shape index (κ2) is 4.49. The van der Waals surface area contributed by atoms with Crippen molar-refractivity contribution in [2.45, 2.75) is 0 Å². The predicted octanol–water partition coefficient (Wildman–Crippen LogP) is 3.86. The molecule has 4 rings (SSSR count). The van der Waals surface area contributed by atoms with Gasteiger partial charge in [-0.05, 0) is 30.3 Å². The van der Waals surface area contributed by atoms with Gasteiger partial charge in [0.15, 0.2) is 5.76 Å². The Hall–Kier alpha value is -3.08. The minimum absolute atomic E-state index is 0.149. The highest BCUT2D eigenvalue weighted by Crippen LogP contribution is 2.28. The van der Waals surface area contributed by atoms with Crippen LogP contribution in [0.1, 0.15) is 0 Å². The van der Waals surface area contributed by atoms with Gasteiger partial charge in [0.1, 0.15) is 11.3 Å². The summed E-state index contributed by atoms with van der Waals surface area (Å²) in [6.45, 7) is 0. The van der Waals surface area contributed by atoms with Crippen LogP contribution in [0, 0.1) is 0 Å². The standard InChI is InChI=1S/C16H10N2O3/c19-12-6-3-5-11(8-12)16-17-15(18-21-16)14-9-10-4-1-2-7-13(10)20-14/h1-9,19H. The molecule has 2 heterocycles. The van der Waals surface area contributed by atoms with Gasteiger partial charge in [0.05, 0.1) is 0 Å². The number of para-hydroxylation sites is 1. The van der Waals surface area contributed by atoms with Gasteiger partial charge in [-0.2, -0.15) is 4.98 Å². The number of furan rings is 1. The van der Waals surface area contributed by atoms with E-state index in [0.717, 1.165) is 11.0 Å². The Balaban J connectivity index is 1.77. The van der Waals surface area contributed by atoms with E-state index in [2.05, 4.69) is 10.1 Å². The summed E-state index contributed by atoms with van der Waals surface area (Å²) in [6.07, 6.45) is 0. The Labute approximate surface area is 119 Å². The first-order valence-corrected chi connectivity index (χ1v) is 6.42. The fraction of sp³-hybridized carbons (Fsp3) is 0. The van der Waals surface area contributed by atoms with Gasteiger partial charge >= 0.3 is 0 Å². The molecule has 0 aliphatic rings. The Morgan fingerprint density at radius 1 is 0.952 bits per heavy atom. The molecule has 0 aliphatic heterocycles. The number of aromatic nitrogens is 2. The molecule has 5 nitrogen and oxygen atoms in total. The van der Waals surface area contributed by atoms with E-state index in [4.69, 9.17) is 8.94 Å². The Bertz CT molecular complexity index is 891. The predicted molar refractivity (Wildman–Crippen MR) is 76.6 cm³/mol. The maximum Gasteiger partial charge on any atom is 0.258 e. The van der Waals surface area contributed by atoms with Crippen molar-refractivity contribution in [1.29, 1.82) is 0 Å². The zero-order valence-corrected chi connectivity index (χ0v) is 10.9. The summed E-state index contributed by atoms with van der Waals surface area (Å²) in [7, 11) is 0. The molecule has 0 bridgehead atoms. The fourth-order valence-electron chi connectivity index (χ4n) is 2.17. The molecule has 0 unspecified atom stereocenters. The van der Waals surface area contributed by atoms with Crippen molar-refractivity contribution >= 4 is 11.0 Å². The molecule has 5 heteroatoms. The Morgan fingerprint density at radius 2 is 1.86 bits per heavy atom. The number of fused-ring (bicyclic) bond motifs is 1. The van der Waals surface area contributed by atoms with Crippen molar-refractivity contribution in [3.8, 4) is 28.8 Å². The highest BCUT2D eigenvalue weighted by Gasteiger charge is 2.14. The Morgan fingerprint density at radius 3 is 2.71 bits per heavy atom. The van der Waals surface area contributed by atoms with E-state index in [-0.39, 0.29) is 5.75 Å². The van der Waals surface area contributed by atoms with Crippen LogP contribution in [0.3, 0.4) is 0 Å². The first kappa shape index (κ1) is 11.7. The average Bonchev–Trinajstić information content (AvgIpc) is 3.14. The van der Waals surface area contributed by atoms with Crippen LogP contribution in [0.5, 0.6) is 5.75 Å². The molecule has 1 N–H and O–H groups in total. The molecule has 4 aromatic rings. The number of hydrogen-bond acceptors (Lipinski definition) is 5. The molecule has 0 radical (unpaired) electrons. The lowest BCUT2D eigenvalue weighted by molar-refractivity contribution is 0.429. The summed E-state index contributed by atoms with van der Waals surface area (Å²) in [6, 6.07) is 16.2. The summed E-state index contributed by atoms with van der Waals surface area (Å²) in [4.78, 5) is 4.30. The van der Waals surface area contributed by atoms with Crippen LogP contribution in [0.4, 0.5) is 0 Å². The SMILES string of the molecule is Oc1cccc(-c2nc(-c3cc4ccccc4o3)no2)c1. The number of hydrogen-bond donors (Lipinski definition) is 1. The number of benzene rings is 2. The van der Waals surface area contributed by atoms with E-state index in [1.54, 1.807) is 24.3 Å².